The van der Waals surface area contributed by atoms with Gasteiger partial charge in [0.25, 0.3) is 5.91 Å². The first-order valence-electron chi connectivity index (χ1n) is 9.82. The fourth-order valence-electron chi connectivity index (χ4n) is 3.48. The number of hydrogen-bond donors (Lipinski definition) is 1. The number of carbonyl (C=O) groups excluding carboxylic acids is 1. The average molecular weight is 483 g/mol. The van der Waals surface area contributed by atoms with E-state index in [0.29, 0.717) is 24.2 Å². The number of thioether (sulfide) groups is 1. The number of sulfone groups is 1. The van der Waals surface area contributed by atoms with Crippen molar-refractivity contribution in [3.05, 3.63) is 53.6 Å². The number of benzene rings is 2. The minimum atomic E-state index is -3.90. The van der Waals surface area contributed by atoms with Crippen LogP contribution in [-0.4, -0.2) is 53.2 Å². The number of rotatable bonds is 7. The second-order valence-electron chi connectivity index (χ2n) is 7.55. The van der Waals surface area contributed by atoms with Gasteiger partial charge in [0, 0.05) is 30.3 Å². The summed E-state index contributed by atoms with van der Waals surface area (Å²) in [5.74, 6) is -0.150. The first kappa shape index (κ1) is 23.8. The van der Waals surface area contributed by atoms with Crippen LogP contribution in [0, 0.1) is 0 Å². The standard InChI is InChI=1S/C21H26N2O5S3/c1-15(16-6-8-17(9-7-16)30(3,25)26)22-31(27,28)18-10-11-20(29-2)19(14-18)21(24)23-12-4-5-13-23/h6-11,14-15,22H,4-5,12-13H2,1-3H3. The molecule has 3 rings (SSSR count). The maximum Gasteiger partial charge on any atom is 0.255 e. The van der Waals surface area contributed by atoms with Gasteiger partial charge < -0.3 is 4.90 Å². The van der Waals surface area contributed by atoms with Crippen molar-refractivity contribution in [1.82, 2.24) is 9.62 Å². The summed E-state index contributed by atoms with van der Waals surface area (Å²) >= 11 is 1.40. The fraction of sp³-hybridized carbons (Fsp3) is 0.381. The Labute approximate surface area is 188 Å². The van der Waals surface area contributed by atoms with E-state index in [1.54, 1.807) is 30.0 Å². The SMILES string of the molecule is CSc1ccc(S(=O)(=O)NC(C)c2ccc(S(C)(=O)=O)cc2)cc1C(=O)N1CCCC1. The summed E-state index contributed by atoms with van der Waals surface area (Å²) in [5, 5.41) is 0. The largest absolute Gasteiger partial charge is 0.339 e. The lowest BCUT2D eigenvalue weighted by Gasteiger charge is -2.19. The van der Waals surface area contributed by atoms with E-state index in [-0.39, 0.29) is 15.7 Å². The van der Waals surface area contributed by atoms with Gasteiger partial charge in [0.15, 0.2) is 9.84 Å². The molecule has 2 aromatic rings. The van der Waals surface area contributed by atoms with Gasteiger partial charge in [0.2, 0.25) is 10.0 Å². The predicted octanol–water partition coefficient (Wildman–Crippen LogP) is 3.09. The predicted molar refractivity (Wildman–Crippen MR) is 122 cm³/mol. The molecule has 0 aromatic heterocycles. The van der Waals surface area contributed by atoms with Gasteiger partial charge in [0.05, 0.1) is 15.4 Å². The monoisotopic (exact) mass is 482 g/mol. The van der Waals surface area contributed by atoms with Crippen LogP contribution in [0.15, 0.2) is 57.2 Å². The Bertz CT molecular complexity index is 1170. The van der Waals surface area contributed by atoms with E-state index in [9.17, 15) is 21.6 Å². The van der Waals surface area contributed by atoms with Crippen LogP contribution in [0.1, 0.15) is 41.7 Å². The molecule has 1 N–H and O–H groups in total. The molecule has 1 aliphatic heterocycles. The lowest BCUT2D eigenvalue weighted by molar-refractivity contribution is 0.0789. The summed E-state index contributed by atoms with van der Waals surface area (Å²) in [6, 6.07) is 10.1. The van der Waals surface area contributed by atoms with Gasteiger partial charge in [-0.3, -0.25) is 4.79 Å². The Morgan fingerprint density at radius 3 is 2.13 bits per heavy atom. The summed E-state index contributed by atoms with van der Waals surface area (Å²) in [7, 11) is -7.23. The molecular weight excluding hydrogens is 456 g/mol. The van der Waals surface area contributed by atoms with Gasteiger partial charge in [-0.1, -0.05) is 12.1 Å². The molecule has 1 amide bonds. The Kier molecular flexibility index (Phi) is 7.14. The maximum atomic E-state index is 13.0. The third-order valence-electron chi connectivity index (χ3n) is 5.25. The molecule has 0 saturated carbocycles. The van der Waals surface area contributed by atoms with Crippen LogP contribution < -0.4 is 4.72 Å². The van der Waals surface area contributed by atoms with E-state index in [1.807, 2.05) is 6.26 Å². The van der Waals surface area contributed by atoms with Crippen LogP contribution in [-0.2, 0) is 19.9 Å². The molecule has 1 fully saturated rings. The van der Waals surface area contributed by atoms with Crippen LogP contribution in [0.3, 0.4) is 0 Å². The van der Waals surface area contributed by atoms with Crippen LogP contribution >= 0.6 is 11.8 Å². The Morgan fingerprint density at radius 1 is 1.00 bits per heavy atom. The van der Waals surface area contributed by atoms with E-state index in [0.717, 1.165) is 24.0 Å². The zero-order valence-corrected chi connectivity index (χ0v) is 20.1. The molecule has 0 aliphatic carbocycles. The summed E-state index contributed by atoms with van der Waals surface area (Å²) in [6.07, 6.45) is 4.88. The lowest BCUT2D eigenvalue weighted by atomic mass is 10.1. The third kappa shape index (κ3) is 5.49. The molecular formula is C21H26N2O5S3. The molecule has 1 heterocycles. The quantitative estimate of drug-likeness (QED) is 0.609. The highest BCUT2D eigenvalue weighted by molar-refractivity contribution is 7.98. The van der Waals surface area contributed by atoms with Crippen LogP contribution in [0.2, 0.25) is 0 Å². The summed E-state index contributed by atoms with van der Waals surface area (Å²) in [5.41, 5.74) is 1.02. The zero-order chi connectivity index (χ0) is 22.8. The van der Waals surface area contributed by atoms with Crippen molar-refractivity contribution in [1.29, 1.82) is 0 Å². The normalized spacial score (nSPS) is 15.8. The molecule has 0 bridgehead atoms. The molecule has 10 heteroatoms. The average Bonchev–Trinajstić information content (AvgIpc) is 3.26. The maximum absolute atomic E-state index is 13.0. The minimum Gasteiger partial charge on any atom is -0.339 e. The van der Waals surface area contributed by atoms with Gasteiger partial charge in [-0.2, -0.15) is 0 Å². The van der Waals surface area contributed by atoms with Gasteiger partial charge in [0.1, 0.15) is 0 Å². The molecule has 0 radical (unpaired) electrons. The lowest BCUT2D eigenvalue weighted by Crippen LogP contribution is -2.29. The van der Waals surface area contributed by atoms with Gasteiger partial charge in [-0.15, -0.1) is 11.8 Å². The van der Waals surface area contributed by atoms with Crippen molar-refractivity contribution in [3.63, 3.8) is 0 Å². The first-order chi connectivity index (χ1) is 14.5. The first-order valence-corrected chi connectivity index (χ1v) is 14.4. The molecule has 7 nitrogen and oxygen atoms in total. The number of hydrogen-bond acceptors (Lipinski definition) is 6. The topological polar surface area (TPSA) is 101 Å². The van der Waals surface area contributed by atoms with Crippen molar-refractivity contribution in [3.8, 4) is 0 Å². The molecule has 2 aromatic carbocycles. The summed E-state index contributed by atoms with van der Waals surface area (Å²) < 4.78 is 51.8. The number of nitrogens with one attached hydrogen (secondary N) is 1. The highest BCUT2D eigenvalue weighted by atomic mass is 32.2. The third-order valence-corrected chi connectivity index (χ3v) is 8.71. The number of carbonyl (C=O) groups is 1. The zero-order valence-electron chi connectivity index (χ0n) is 17.7. The van der Waals surface area contributed by atoms with Crippen molar-refractivity contribution in [2.24, 2.45) is 0 Å². The molecule has 1 unspecified atom stereocenters. The number of sulfonamides is 1. The second-order valence-corrected chi connectivity index (χ2v) is 12.1. The smallest absolute Gasteiger partial charge is 0.255 e. The second kappa shape index (κ2) is 9.32. The van der Waals surface area contributed by atoms with E-state index < -0.39 is 25.9 Å². The number of likely N-dealkylation sites (tertiary alicyclic amines) is 1. The summed E-state index contributed by atoms with van der Waals surface area (Å²) in [4.78, 5) is 15.6. The van der Waals surface area contributed by atoms with E-state index >= 15 is 0 Å². The minimum absolute atomic E-state index is 0.0208. The fourth-order valence-corrected chi connectivity index (χ4v) is 5.94. The highest BCUT2D eigenvalue weighted by Crippen LogP contribution is 2.27. The van der Waals surface area contributed by atoms with Gasteiger partial charge in [-0.25, -0.2) is 21.6 Å². The molecule has 31 heavy (non-hydrogen) atoms. The molecule has 168 valence electrons. The number of nitrogens with zero attached hydrogens (tertiary/aromatic N) is 1. The molecule has 1 atom stereocenters. The van der Waals surface area contributed by atoms with E-state index in [4.69, 9.17) is 0 Å². The van der Waals surface area contributed by atoms with Gasteiger partial charge >= 0.3 is 0 Å². The Morgan fingerprint density at radius 2 is 1.58 bits per heavy atom. The van der Waals surface area contributed by atoms with E-state index in [2.05, 4.69) is 4.72 Å². The van der Waals surface area contributed by atoms with Crippen molar-refractivity contribution in [2.45, 2.75) is 40.5 Å². The van der Waals surface area contributed by atoms with Crippen molar-refractivity contribution < 1.29 is 21.6 Å². The van der Waals surface area contributed by atoms with Crippen LogP contribution in [0.4, 0.5) is 0 Å². The number of amides is 1. The molecule has 0 spiro atoms. The molecule has 1 aliphatic rings. The van der Waals surface area contributed by atoms with E-state index in [1.165, 1.54) is 36.0 Å². The van der Waals surface area contributed by atoms with Crippen LogP contribution in [0.25, 0.3) is 0 Å². The van der Waals surface area contributed by atoms with Crippen LogP contribution in [0.5, 0.6) is 0 Å². The van der Waals surface area contributed by atoms with Crippen molar-refractivity contribution >= 4 is 37.5 Å². The molecule has 1 saturated heterocycles. The highest BCUT2D eigenvalue weighted by Gasteiger charge is 2.25. The van der Waals surface area contributed by atoms with Gasteiger partial charge in [-0.05, 0) is 61.9 Å². The Hall–Kier alpha value is -1.88. The Balaban J connectivity index is 1.85. The van der Waals surface area contributed by atoms with Crippen molar-refractivity contribution in [2.75, 3.05) is 25.6 Å². The summed E-state index contributed by atoms with van der Waals surface area (Å²) in [6.45, 7) is 3.05.